The first-order valence-electron chi connectivity index (χ1n) is 9.63. The number of azide groups is 1. The molecule has 1 amide bonds. The van der Waals surface area contributed by atoms with Gasteiger partial charge >= 0.3 is 0 Å². The zero-order chi connectivity index (χ0) is 21.2. The number of nitrogens with one attached hydrogen (secondary N) is 1. The summed E-state index contributed by atoms with van der Waals surface area (Å²) in [6.45, 7) is 3.95. The number of hydrogen-bond donors (Lipinski definition) is 1. The van der Waals surface area contributed by atoms with E-state index in [1.165, 1.54) is 0 Å². The van der Waals surface area contributed by atoms with Gasteiger partial charge < -0.3 is 19.5 Å². The van der Waals surface area contributed by atoms with Crippen molar-refractivity contribution in [2.24, 2.45) is 5.11 Å². The van der Waals surface area contributed by atoms with Gasteiger partial charge in [-0.05, 0) is 28.8 Å². The monoisotopic (exact) mass is 406 g/mol. The van der Waals surface area contributed by atoms with Crippen LogP contribution in [0.4, 0.5) is 0 Å². The first kappa shape index (κ1) is 19.8. The maximum atomic E-state index is 12.7. The van der Waals surface area contributed by atoms with Crippen LogP contribution in [0.1, 0.15) is 24.2 Å². The van der Waals surface area contributed by atoms with E-state index in [0.29, 0.717) is 17.1 Å². The van der Waals surface area contributed by atoms with Crippen molar-refractivity contribution in [1.29, 1.82) is 0 Å². The molecule has 0 saturated carbocycles. The highest BCUT2D eigenvalue weighted by atomic mass is 16.8. The van der Waals surface area contributed by atoms with Gasteiger partial charge in [0, 0.05) is 24.3 Å². The fourth-order valence-electron chi connectivity index (χ4n) is 3.70. The van der Waals surface area contributed by atoms with Gasteiger partial charge in [-0.15, -0.1) is 0 Å². The summed E-state index contributed by atoms with van der Waals surface area (Å²) in [4.78, 5) is 15.5. The second-order valence-electron chi connectivity index (χ2n) is 7.65. The van der Waals surface area contributed by atoms with Crippen LogP contribution in [0.3, 0.4) is 0 Å². The topological polar surface area (TPSA) is 106 Å². The molecule has 2 aliphatic rings. The zero-order valence-electron chi connectivity index (χ0n) is 16.8. The van der Waals surface area contributed by atoms with Gasteiger partial charge in [-0.2, -0.15) is 0 Å². The van der Waals surface area contributed by atoms with Gasteiger partial charge in [0.15, 0.2) is 11.4 Å². The third kappa shape index (κ3) is 3.83. The Kier molecular flexibility index (Phi) is 5.11. The van der Waals surface area contributed by atoms with Crippen LogP contribution in [0.2, 0.25) is 0 Å². The van der Waals surface area contributed by atoms with Gasteiger partial charge in [0.2, 0.25) is 5.79 Å². The Labute approximate surface area is 174 Å². The van der Waals surface area contributed by atoms with Crippen molar-refractivity contribution in [2.75, 3.05) is 19.7 Å². The Balaban J connectivity index is 1.47. The molecule has 8 nitrogen and oxygen atoms in total. The van der Waals surface area contributed by atoms with E-state index < -0.39 is 11.4 Å². The van der Waals surface area contributed by atoms with Crippen molar-refractivity contribution in [3.8, 4) is 11.1 Å². The van der Waals surface area contributed by atoms with Crippen LogP contribution in [0.15, 0.2) is 71.2 Å². The summed E-state index contributed by atoms with van der Waals surface area (Å²) in [6, 6.07) is 17.4. The molecule has 1 atom stereocenters. The summed E-state index contributed by atoms with van der Waals surface area (Å²) in [7, 11) is 0. The van der Waals surface area contributed by atoms with Crippen molar-refractivity contribution in [1.82, 2.24) is 5.32 Å². The summed E-state index contributed by atoms with van der Waals surface area (Å²) in [5.41, 5.74) is 10.3. The Morgan fingerprint density at radius 3 is 2.53 bits per heavy atom. The average Bonchev–Trinajstić information content (AvgIpc) is 3.21. The predicted molar refractivity (Wildman–Crippen MR) is 110 cm³/mol. The van der Waals surface area contributed by atoms with E-state index in [4.69, 9.17) is 19.7 Å². The van der Waals surface area contributed by atoms with Gasteiger partial charge in [0.25, 0.3) is 5.91 Å². The Hall–Kier alpha value is -3.48. The average molecular weight is 406 g/mol. The number of carbonyl (C=O) groups excluding carboxylic acids is 1. The molecule has 1 fully saturated rings. The van der Waals surface area contributed by atoms with Gasteiger partial charge in [-0.1, -0.05) is 47.6 Å². The van der Waals surface area contributed by atoms with Crippen LogP contribution in [0, 0.1) is 0 Å². The van der Waals surface area contributed by atoms with Gasteiger partial charge in [0.05, 0.1) is 13.1 Å². The third-order valence-corrected chi connectivity index (χ3v) is 5.00. The smallest absolute Gasteiger partial charge is 0.251 e. The molecular formula is C22H22N4O4. The number of benzene rings is 2. The number of nitrogens with zero attached hydrogens (tertiary/aromatic N) is 3. The second kappa shape index (κ2) is 7.74. The molecule has 0 aromatic heterocycles. The van der Waals surface area contributed by atoms with E-state index in [1.54, 1.807) is 26.0 Å². The molecule has 0 aliphatic carbocycles. The first-order valence-corrected chi connectivity index (χ1v) is 9.63. The molecule has 1 saturated heterocycles. The lowest BCUT2D eigenvalue weighted by Crippen LogP contribution is -2.46. The Morgan fingerprint density at radius 1 is 1.13 bits per heavy atom. The molecule has 0 bridgehead atoms. The number of hydrogen-bond acceptors (Lipinski definition) is 5. The molecule has 30 heavy (non-hydrogen) atoms. The molecular weight excluding hydrogens is 384 g/mol. The van der Waals surface area contributed by atoms with Gasteiger partial charge in [0.1, 0.15) is 12.4 Å². The number of carbonyl (C=O) groups is 1. The van der Waals surface area contributed by atoms with Crippen LogP contribution in [0.5, 0.6) is 0 Å². The van der Waals surface area contributed by atoms with Crippen LogP contribution in [0.25, 0.3) is 21.6 Å². The molecule has 0 spiro atoms. The highest BCUT2D eigenvalue weighted by molar-refractivity contribution is 5.94. The van der Waals surface area contributed by atoms with Crippen LogP contribution < -0.4 is 5.32 Å². The minimum atomic E-state index is -0.941. The van der Waals surface area contributed by atoms with Crippen molar-refractivity contribution < 1.29 is 19.0 Å². The van der Waals surface area contributed by atoms with E-state index in [0.717, 1.165) is 11.1 Å². The molecule has 4 rings (SSSR count). The quantitative estimate of drug-likeness (QED) is 0.442. The SMILES string of the molecule is CC1(C)OC2=C(CN=[N+]=[N-])OC[C@]2(CNC(=O)c2ccc(-c3ccccc3)cc2)O1. The summed E-state index contributed by atoms with van der Waals surface area (Å²) in [5.74, 6) is -0.192. The number of rotatable bonds is 6. The lowest BCUT2D eigenvalue weighted by Gasteiger charge is -2.25. The maximum absolute atomic E-state index is 12.7. The standard InChI is InChI=1S/C22H22N4O4/c1-21(2)29-19-18(12-25-26-23)28-14-22(19,30-21)13-24-20(27)17-10-8-16(9-11-17)15-6-4-3-5-7-15/h3-11H,12-14H2,1-2H3,(H,24,27)/t22-/m0/s1. The third-order valence-electron chi connectivity index (χ3n) is 5.00. The lowest BCUT2D eigenvalue weighted by molar-refractivity contribution is -0.170. The largest absolute Gasteiger partial charge is 0.491 e. The number of fused-ring (bicyclic) bond motifs is 1. The normalized spacial score (nSPS) is 21.3. The minimum absolute atomic E-state index is 0.0297. The molecule has 1 N–H and O–H groups in total. The fourth-order valence-corrected chi connectivity index (χ4v) is 3.70. The van der Waals surface area contributed by atoms with Crippen molar-refractivity contribution in [3.63, 3.8) is 0 Å². The lowest BCUT2D eigenvalue weighted by atomic mass is 10.0. The fraction of sp³-hybridized carbons (Fsp3) is 0.318. The van der Waals surface area contributed by atoms with Crippen molar-refractivity contribution in [3.05, 3.63) is 82.1 Å². The van der Waals surface area contributed by atoms with E-state index in [2.05, 4.69) is 15.3 Å². The molecule has 2 aromatic carbocycles. The van der Waals surface area contributed by atoms with Crippen molar-refractivity contribution >= 4 is 5.91 Å². The van der Waals surface area contributed by atoms with E-state index in [-0.39, 0.29) is 25.6 Å². The summed E-state index contributed by atoms with van der Waals surface area (Å²) >= 11 is 0. The summed E-state index contributed by atoms with van der Waals surface area (Å²) in [5, 5.41) is 6.46. The summed E-state index contributed by atoms with van der Waals surface area (Å²) in [6.07, 6.45) is 0. The van der Waals surface area contributed by atoms with Crippen LogP contribution in [-0.2, 0) is 14.2 Å². The molecule has 2 aliphatic heterocycles. The maximum Gasteiger partial charge on any atom is 0.251 e. The highest BCUT2D eigenvalue weighted by Gasteiger charge is 2.56. The minimum Gasteiger partial charge on any atom is -0.491 e. The van der Waals surface area contributed by atoms with Crippen LogP contribution in [-0.4, -0.2) is 37.0 Å². The molecule has 0 unspecified atom stereocenters. The summed E-state index contributed by atoms with van der Waals surface area (Å²) < 4.78 is 17.6. The zero-order valence-corrected chi connectivity index (χ0v) is 16.8. The highest BCUT2D eigenvalue weighted by Crippen LogP contribution is 2.45. The number of ether oxygens (including phenoxy) is 3. The van der Waals surface area contributed by atoms with Crippen LogP contribution >= 0.6 is 0 Å². The first-order chi connectivity index (χ1) is 14.4. The van der Waals surface area contributed by atoms with E-state index in [9.17, 15) is 4.79 Å². The predicted octanol–water partition coefficient (Wildman–Crippen LogP) is 4.16. The van der Waals surface area contributed by atoms with Crippen molar-refractivity contribution in [2.45, 2.75) is 25.2 Å². The Bertz CT molecular complexity index is 1030. The number of amides is 1. The van der Waals surface area contributed by atoms with Gasteiger partial charge in [-0.25, -0.2) is 0 Å². The molecule has 2 heterocycles. The van der Waals surface area contributed by atoms with E-state index >= 15 is 0 Å². The Morgan fingerprint density at radius 2 is 1.83 bits per heavy atom. The van der Waals surface area contributed by atoms with E-state index in [1.807, 2.05) is 42.5 Å². The molecule has 154 valence electrons. The molecule has 2 aromatic rings. The molecule has 8 heteroatoms. The molecule has 0 radical (unpaired) electrons. The second-order valence-corrected chi connectivity index (χ2v) is 7.65. The van der Waals surface area contributed by atoms with Gasteiger partial charge in [-0.3, -0.25) is 4.79 Å².